The molecule has 0 spiro atoms. The predicted octanol–water partition coefficient (Wildman–Crippen LogP) is 4.99. The van der Waals surface area contributed by atoms with Crippen LogP contribution in [-0.2, 0) is 27.8 Å². The van der Waals surface area contributed by atoms with Gasteiger partial charge in [-0.25, -0.2) is 17.6 Å². The van der Waals surface area contributed by atoms with Gasteiger partial charge in [-0.1, -0.05) is 23.7 Å². The molecule has 0 amide bonds. The van der Waals surface area contributed by atoms with E-state index in [-0.39, 0.29) is 24.6 Å². The highest BCUT2D eigenvalue weighted by molar-refractivity contribution is 7.89. The fourth-order valence-corrected chi connectivity index (χ4v) is 4.91. The van der Waals surface area contributed by atoms with Crippen LogP contribution in [0, 0.1) is 19.7 Å². The van der Waals surface area contributed by atoms with Gasteiger partial charge >= 0.3 is 5.97 Å². The number of hydrogen-bond donors (Lipinski definition) is 1. The first kappa shape index (κ1) is 24.0. The fourth-order valence-electron chi connectivity index (χ4n) is 3.38. The van der Waals surface area contributed by atoms with Gasteiger partial charge in [0.15, 0.2) is 0 Å². The molecule has 1 heterocycles. The number of nitrogens with one attached hydrogen (secondary N) is 1. The van der Waals surface area contributed by atoms with Gasteiger partial charge in [0, 0.05) is 23.8 Å². The minimum atomic E-state index is -3.98. The van der Waals surface area contributed by atoms with E-state index in [4.69, 9.17) is 16.3 Å². The van der Waals surface area contributed by atoms with Gasteiger partial charge in [-0.15, -0.1) is 0 Å². The van der Waals surface area contributed by atoms with Crippen LogP contribution in [0.3, 0.4) is 0 Å². The molecule has 0 unspecified atom stereocenters. The van der Waals surface area contributed by atoms with Crippen molar-refractivity contribution in [2.75, 3.05) is 6.61 Å². The fraction of sp³-hybridized carbons (Fsp3) is 0.261. The second-order valence-electron chi connectivity index (χ2n) is 7.30. The number of halogens is 2. The van der Waals surface area contributed by atoms with Gasteiger partial charge in [0.05, 0.1) is 11.5 Å². The Morgan fingerprint density at radius 1 is 1.06 bits per heavy atom. The zero-order valence-electron chi connectivity index (χ0n) is 18.0. The number of nitrogens with zero attached hydrogens (tertiary/aromatic N) is 1. The number of aromatic nitrogens is 1. The maximum absolute atomic E-state index is 13.5. The molecule has 0 aliphatic carbocycles. The van der Waals surface area contributed by atoms with E-state index in [1.54, 1.807) is 45.0 Å². The zero-order valence-corrected chi connectivity index (χ0v) is 19.6. The number of hydrogen-bond acceptors (Lipinski definition) is 4. The van der Waals surface area contributed by atoms with Crippen molar-refractivity contribution in [1.82, 2.24) is 9.29 Å². The van der Waals surface area contributed by atoms with Crippen molar-refractivity contribution in [3.05, 3.63) is 87.4 Å². The van der Waals surface area contributed by atoms with Crippen LogP contribution in [0.1, 0.15) is 39.8 Å². The van der Waals surface area contributed by atoms with Gasteiger partial charge in [-0.2, -0.15) is 4.31 Å². The lowest BCUT2D eigenvalue weighted by atomic mass is 10.1. The van der Waals surface area contributed by atoms with Crippen LogP contribution in [0.5, 0.6) is 0 Å². The third kappa shape index (κ3) is 5.20. The first-order valence-electron chi connectivity index (χ1n) is 9.98. The van der Waals surface area contributed by atoms with E-state index in [1.165, 1.54) is 16.4 Å². The van der Waals surface area contributed by atoms with E-state index in [2.05, 4.69) is 4.98 Å². The smallest absolute Gasteiger partial charge is 0.355 e. The van der Waals surface area contributed by atoms with E-state index < -0.39 is 21.8 Å². The summed E-state index contributed by atoms with van der Waals surface area (Å²) in [5.41, 5.74) is 2.99. The van der Waals surface area contributed by atoms with Gasteiger partial charge in [0.2, 0.25) is 10.0 Å². The molecule has 0 saturated carbocycles. The molecule has 0 radical (unpaired) electrons. The highest BCUT2D eigenvalue weighted by atomic mass is 35.5. The molecule has 9 heteroatoms. The standard InChI is InChI=1S/C23H24ClFN2O4S/c1-4-31-23(28)22-15(2)21(16(3)26-22)14-27(13-17-5-7-18(24)8-6-17)32(29,30)20-11-9-19(25)10-12-20/h5-12,26H,4,13-14H2,1-3H3. The number of carbonyl (C=O) groups is 1. The number of esters is 1. The Kier molecular flexibility index (Phi) is 7.38. The minimum absolute atomic E-state index is 0.00983. The maximum atomic E-state index is 13.5. The first-order chi connectivity index (χ1) is 15.1. The Morgan fingerprint density at radius 3 is 2.28 bits per heavy atom. The zero-order chi connectivity index (χ0) is 23.5. The molecule has 32 heavy (non-hydrogen) atoms. The average molecular weight is 479 g/mol. The van der Waals surface area contributed by atoms with E-state index in [9.17, 15) is 17.6 Å². The summed E-state index contributed by atoms with van der Waals surface area (Å²) in [5, 5.41) is 0.540. The summed E-state index contributed by atoms with van der Waals surface area (Å²) in [7, 11) is -3.98. The molecule has 170 valence electrons. The molecule has 0 bridgehead atoms. The molecule has 1 N–H and O–H groups in total. The van der Waals surface area contributed by atoms with Gasteiger partial charge in [0.1, 0.15) is 11.5 Å². The van der Waals surface area contributed by atoms with Crippen molar-refractivity contribution in [3.63, 3.8) is 0 Å². The van der Waals surface area contributed by atoms with E-state index in [0.29, 0.717) is 27.5 Å². The summed E-state index contributed by atoms with van der Waals surface area (Å²) in [6.45, 7) is 5.54. The van der Waals surface area contributed by atoms with Crippen LogP contribution in [-0.4, -0.2) is 30.3 Å². The topological polar surface area (TPSA) is 79.5 Å². The second-order valence-corrected chi connectivity index (χ2v) is 9.68. The van der Waals surface area contributed by atoms with Crippen LogP contribution in [0.4, 0.5) is 4.39 Å². The summed E-state index contributed by atoms with van der Waals surface area (Å²) in [4.78, 5) is 15.2. The third-order valence-electron chi connectivity index (χ3n) is 5.13. The van der Waals surface area contributed by atoms with Gasteiger partial charge in [0.25, 0.3) is 0 Å². The molecule has 1 aromatic heterocycles. The van der Waals surface area contributed by atoms with Crippen molar-refractivity contribution in [2.24, 2.45) is 0 Å². The molecule has 0 saturated heterocycles. The second kappa shape index (κ2) is 9.85. The van der Waals surface area contributed by atoms with E-state index in [0.717, 1.165) is 17.7 Å². The number of benzene rings is 2. The van der Waals surface area contributed by atoms with Crippen molar-refractivity contribution >= 4 is 27.6 Å². The van der Waals surface area contributed by atoms with Crippen LogP contribution in [0.25, 0.3) is 0 Å². The monoisotopic (exact) mass is 478 g/mol. The molecule has 3 aromatic rings. The molecule has 3 rings (SSSR count). The number of aromatic amines is 1. The lowest BCUT2D eigenvalue weighted by molar-refractivity contribution is 0.0519. The number of ether oxygens (including phenoxy) is 1. The molecule has 6 nitrogen and oxygen atoms in total. The summed E-state index contributed by atoms with van der Waals surface area (Å²) in [6.07, 6.45) is 0. The lowest BCUT2D eigenvalue weighted by Crippen LogP contribution is -2.30. The Bertz CT molecular complexity index is 1210. The number of H-pyrrole nitrogens is 1. The van der Waals surface area contributed by atoms with Crippen LogP contribution < -0.4 is 0 Å². The highest BCUT2D eigenvalue weighted by Crippen LogP contribution is 2.26. The van der Waals surface area contributed by atoms with Crippen molar-refractivity contribution in [1.29, 1.82) is 0 Å². The Labute approximate surface area is 192 Å². The Hall–Kier alpha value is -2.68. The number of aryl methyl sites for hydroxylation is 1. The largest absolute Gasteiger partial charge is 0.461 e. The third-order valence-corrected chi connectivity index (χ3v) is 7.19. The predicted molar refractivity (Wildman–Crippen MR) is 121 cm³/mol. The molecular formula is C23H24ClFN2O4S. The molecule has 2 aromatic carbocycles. The number of carbonyl (C=O) groups excluding carboxylic acids is 1. The van der Waals surface area contributed by atoms with Gasteiger partial charge in [-0.05, 0) is 73.9 Å². The number of rotatable bonds is 8. The highest BCUT2D eigenvalue weighted by Gasteiger charge is 2.28. The molecule has 0 aliphatic rings. The summed E-state index contributed by atoms with van der Waals surface area (Å²) >= 11 is 5.96. The SMILES string of the molecule is CCOC(=O)c1[nH]c(C)c(CN(Cc2ccc(Cl)cc2)S(=O)(=O)c2ccc(F)cc2)c1C. The van der Waals surface area contributed by atoms with Crippen molar-refractivity contribution in [2.45, 2.75) is 38.8 Å². The van der Waals surface area contributed by atoms with Crippen LogP contribution >= 0.6 is 11.6 Å². The molecule has 0 fully saturated rings. The lowest BCUT2D eigenvalue weighted by Gasteiger charge is -2.23. The van der Waals surface area contributed by atoms with E-state index in [1.807, 2.05) is 0 Å². The Balaban J connectivity index is 2.02. The molecule has 0 aliphatic heterocycles. The minimum Gasteiger partial charge on any atom is -0.461 e. The first-order valence-corrected chi connectivity index (χ1v) is 11.8. The maximum Gasteiger partial charge on any atom is 0.355 e. The van der Waals surface area contributed by atoms with Crippen LogP contribution in [0.2, 0.25) is 5.02 Å². The van der Waals surface area contributed by atoms with E-state index >= 15 is 0 Å². The van der Waals surface area contributed by atoms with Gasteiger partial charge in [-0.3, -0.25) is 0 Å². The summed E-state index contributed by atoms with van der Waals surface area (Å²) in [5.74, 6) is -1.02. The quantitative estimate of drug-likeness (QED) is 0.462. The van der Waals surface area contributed by atoms with Crippen molar-refractivity contribution < 1.29 is 22.3 Å². The molecule has 0 atom stereocenters. The Morgan fingerprint density at radius 2 is 1.69 bits per heavy atom. The molecular weight excluding hydrogens is 455 g/mol. The number of sulfonamides is 1. The summed E-state index contributed by atoms with van der Waals surface area (Å²) in [6, 6.07) is 11.6. The normalized spacial score (nSPS) is 11.7. The summed E-state index contributed by atoms with van der Waals surface area (Å²) < 4.78 is 46.7. The van der Waals surface area contributed by atoms with Crippen LogP contribution in [0.15, 0.2) is 53.4 Å². The van der Waals surface area contributed by atoms with Crippen molar-refractivity contribution in [3.8, 4) is 0 Å². The average Bonchev–Trinajstić information content (AvgIpc) is 3.03. The van der Waals surface area contributed by atoms with Gasteiger partial charge < -0.3 is 9.72 Å².